The first-order chi connectivity index (χ1) is 14.4. The Morgan fingerprint density at radius 1 is 1.10 bits per heavy atom. The summed E-state index contributed by atoms with van der Waals surface area (Å²) in [5.74, 6) is -0.160. The fourth-order valence-corrected chi connectivity index (χ4v) is 3.11. The van der Waals surface area contributed by atoms with Crippen molar-refractivity contribution < 1.29 is 28.9 Å². The standard InChI is InChI=1S/C21H20N2O6S/c1-13(12-27-2)28-17-9-15(19(24)23-21-22-7-8-30-21)10-18(11-17)29-16-5-3-14(4-6-16)20(25)26/h3-11,13H,12H2,1-2H3,(H,25,26)(H,22,23,24)/t13-/m0/s1. The Morgan fingerprint density at radius 3 is 2.47 bits per heavy atom. The number of amides is 1. The average Bonchev–Trinajstić information content (AvgIpc) is 3.21. The molecule has 30 heavy (non-hydrogen) atoms. The highest BCUT2D eigenvalue weighted by Gasteiger charge is 2.14. The molecule has 2 aromatic carbocycles. The number of thiazole rings is 1. The zero-order chi connectivity index (χ0) is 21.5. The van der Waals surface area contributed by atoms with Gasteiger partial charge in [-0.1, -0.05) is 0 Å². The first-order valence-corrected chi connectivity index (χ1v) is 9.85. The number of aromatic nitrogens is 1. The summed E-state index contributed by atoms with van der Waals surface area (Å²) in [4.78, 5) is 27.7. The van der Waals surface area contributed by atoms with Gasteiger partial charge in [0.25, 0.3) is 5.91 Å². The predicted molar refractivity (Wildman–Crippen MR) is 112 cm³/mol. The lowest BCUT2D eigenvalue weighted by Gasteiger charge is -2.16. The Bertz CT molecular complexity index is 1000. The fraction of sp³-hybridized carbons (Fsp3) is 0.190. The maximum atomic E-state index is 12.7. The summed E-state index contributed by atoms with van der Waals surface area (Å²) in [6.45, 7) is 2.22. The van der Waals surface area contributed by atoms with Crippen molar-refractivity contribution in [2.24, 2.45) is 0 Å². The maximum Gasteiger partial charge on any atom is 0.335 e. The second-order valence-corrected chi connectivity index (χ2v) is 7.19. The van der Waals surface area contributed by atoms with Crippen LogP contribution in [0.15, 0.2) is 54.0 Å². The number of anilines is 1. The minimum absolute atomic E-state index is 0.149. The Kier molecular flexibility index (Phi) is 6.99. The van der Waals surface area contributed by atoms with Crippen molar-refractivity contribution in [2.75, 3.05) is 19.0 Å². The summed E-state index contributed by atoms with van der Waals surface area (Å²) < 4.78 is 16.7. The van der Waals surface area contributed by atoms with Crippen LogP contribution in [0, 0.1) is 0 Å². The molecule has 1 atom stereocenters. The van der Waals surface area contributed by atoms with Crippen LogP contribution in [0.25, 0.3) is 0 Å². The lowest BCUT2D eigenvalue weighted by molar-refractivity contribution is 0.0696. The van der Waals surface area contributed by atoms with Crippen LogP contribution in [0.3, 0.4) is 0 Å². The SMILES string of the molecule is COC[C@H](C)Oc1cc(Oc2ccc(C(=O)O)cc2)cc(C(=O)Nc2nccs2)c1. The van der Waals surface area contributed by atoms with E-state index in [0.29, 0.717) is 34.6 Å². The number of hydrogen-bond acceptors (Lipinski definition) is 7. The molecule has 0 saturated heterocycles. The zero-order valence-corrected chi connectivity index (χ0v) is 17.1. The molecule has 8 nitrogen and oxygen atoms in total. The molecule has 9 heteroatoms. The first kappa shape index (κ1) is 21.3. The van der Waals surface area contributed by atoms with Crippen LogP contribution < -0.4 is 14.8 Å². The Hall–Kier alpha value is -3.43. The number of carbonyl (C=O) groups excluding carboxylic acids is 1. The lowest BCUT2D eigenvalue weighted by atomic mass is 10.2. The summed E-state index contributed by atoms with van der Waals surface area (Å²) in [5, 5.41) is 14.0. The molecule has 0 fully saturated rings. The molecule has 1 aromatic heterocycles. The quantitative estimate of drug-likeness (QED) is 0.523. The van der Waals surface area contributed by atoms with Crippen molar-refractivity contribution in [3.8, 4) is 17.2 Å². The number of ether oxygens (including phenoxy) is 3. The number of aromatic carboxylic acids is 1. The second-order valence-electron chi connectivity index (χ2n) is 6.30. The predicted octanol–water partition coefficient (Wildman–Crippen LogP) is 4.30. The lowest BCUT2D eigenvalue weighted by Crippen LogP contribution is -2.18. The van der Waals surface area contributed by atoms with Gasteiger partial charge in [-0.05, 0) is 43.3 Å². The number of benzene rings is 2. The topological polar surface area (TPSA) is 107 Å². The minimum atomic E-state index is -1.02. The second kappa shape index (κ2) is 9.86. The molecule has 0 spiro atoms. The molecule has 1 amide bonds. The monoisotopic (exact) mass is 428 g/mol. The van der Waals surface area contributed by atoms with Crippen LogP contribution in [0.4, 0.5) is 5.13 Å². The van der Waals surface area contributed by atoms with E-state index in [1.807, 2.05) is 6.92 Å². The molecule has 0 aliphatic heterocycles. The van der Waals surface area contributed by atoms with Crippen LogP contribution in [0.2, 0.25) is 0 Å². The molecular formula is C21H20N2O6S. The van der Waals surface area contributed by atoms with Crippen molar-refractivity contribution in [1.29, 1.82) is 0 Å². The molecule has 3 aromatic rings. The van der Waals surface area contributed by atoms with Crippen LogP contribution in [-0.4, -0.2) is 41.8 Å². The molecular weight excluding hydrogens is 408 g/mol. The summed E-state index contributed by atoms with van der Waals surface area (Å²) >= 11 is 1.31. The van der Waals surface area contributed by atoms with E-state index in [2.05, 4.69) is 10.3 Å². The Morgan fingerprint density at radius 2 is 1.83 bits per heavy atom. The van der Waals surface area contributed by atoms with Gasteiger partial charge in [-0.3, -0.25) is 10.1 Å². The molecule has 3 rings (SSSR count). The smallest absolute Gasteiger partial charge is 0.335 e. The third kappa shape index (κ3) is 5.79. The third-order valence-corrected chi connectivity index (χ3v) is 4.56. The van der Waals surface area contributed by atoms with E-state index in [0.717, 1.165) is 0 Å². The van der Waals surface area contributed by atoms with Crippen LogP contribution in [-0.2, 0) is 4.74 Å². The van der Waals surface area contributed by atoms with Gasteiger partial charge in [0.2, 0.25) is 0 Å². The summed E-state index contributed by atoms with van der Waals surface area (Å²) in [7, 11) is 1.58. The van der Waals surface area contributed by atoms with Gasteiger partial charge in [-0.25, -0.2) is 9.78 Å². The highest BCUT2D eigenvalue weighted by molar-refractivity contribution is 7.13. The minimum Gasteiger partial charge on any atom is -0.488 e. The van der Waals surface area contributed by atoms with E-state index in [1.54, 1.807) is 49.0 Å². The number of carboxylic acid groups (broad SMARTS) is 1. The van der Waals surface area contributed by atoms with E-state index >= 15 is 0 Å². The molecule has 0 bridgehead atoms. The molecule has 0 saturated carbocycles. The van der Waals surface area contributed by atoms with Crippen LogP contribution >= 0.6 is 11.3 Å². The molecule has 156 valence electrons. The van der Waals surface area contributed by atoms with Gasteiger partial charge in [0.05, 0.1) is 12.2 Å². The Balaban J connectivity index is 1.86. The molecule has 2 N–H and O–H groups in total. The molecule has 0 aliphatic carbocycles. The van der Waals surface area contributed by atoms with Gasteiger partial charge in [-0.15, -0.1) is 11.3 Å². The molecule has 0 radical (unpaired) electrons. The maximum absolute atomic E-state index is 12.7. The van der Waals surface area contributed by atoms with Crippen molar-refractivity contribution in [3.63, 3.8) is 0 Å². The normalized spacial score (nSPS) is 11.5. The summed E-state index contributed by atoms with van der Waals surface area (Å²) in [6.07, 6.45) is 1.36. The summed E-state index contributed by atoms with van der Waals surface area (Å²) in [6, 6.07) is 10.8. The molecule has 0 unspecified atom stereocenters. The van der Waals surface area contributed by atoms with Gasteiger partial charge in [0, 0.05) is 30.3 Å². The molecule has 0 aliphatic rings. The number of carbonyl (C=O) groups is 2. The number of nitrogens with zero attached hydrogens (tertiary/aromatic N) is 1. The van der Waals surface area contributed by atoms with E-state index in [-0.39, 0.29) is 17.6 Å². The Labute approximate surface area is 177 Å². The van der Waals surface area contributed by atoms with Crippen LogP contribution in [0.1, 0.15) is 27.6 Å². The van der Waals surface area contributed by atoms with Gasteiger partial charge < -0.3 is 19.3 Å². The number of nitrogens with one attached hydrogen (secondary N) is 1. The van der Waals surface area contributed by atoms with E-state index in [9.17, 15) is 9.59 Å². The first-order valence-electron chi connectivity index (χ1n) is 8.97. The van der Waals surface area contributed by atoms with Crippen molar-refractivity contribution in [1.82, 2.24) is 4.98 Å². The number of hydrogen-bond donors (Lipinski definition) is 2. The highest BCUT2D eigenvalue weighted by Crippen LogP contribution is 2.29. The van der Waals surface area contributed by atoms with Gasteiger partial charge in [0.15, 0.2) is 5.13 Å². The zero-order valence-electron chi connectivity index (χ0n) is 16.3. The van der Waals surface area contributed by atoms with Gasteiger partial charge in [-0.2, -0.15) is 0 Å². The van der Waals surface area contributed by atoms with E-state index in [4.69, 9.17) is 19.3 Å². The average molecular weight is 428 g/mol. The fourth-order valence-electron chi connectivity index (χ4n) is 2.59. The largest absolute Gasteiger partial charge is 0.488 e. The third-order valence-electron chi connectivity index (χ3n) is 3.87. The molecule has 1 heterocycles. The summed E-state index contributed by atoms with van der Waals surface area (Å²) in [5.41, 5.74) is 0.473. The van der Waals surface area contributed by atoms with E-state index in [1.165, 1.54) is 23.5 Å². The number of methoxy groups -OCH3 is 1. The van der Waals surface area contributed by atoms with Crippen molar-refractivity contribution in [3.05, 3.63) is 65.2 Å². The van der Waals surface area contributed by atoms with E-state index < -0.39 is 5.97 Å². The number of carboxylic acids is 1. The van der Waals surface area contributed by atoms with Gasteiger partial charge in [0.1, 0.15) is 23.4 Å². The highest BCUT2D eigenvalue weighted by atomic mass is 32.1. The van der Waals surface area contributed by atoms with Crippen molar-refractivity contribution in [2.45, 2.75) is 13.0 Å². The number of rotatable bonds is 9. The van der Waals surface area contributed by atoms with Crippen LogP contribution in [0.5, 0.6) is 17.2 Å². The van der Waals surface area contributed by atoms with Gasteiger partial charge >= 0.3 is 5.97 Å². The van der Waals surface area contributed by atoms with Crippen molar-refractivity contribution >= 4 is 28.3 Å².